The van der Waals surface area contributed by atoms with Crippen LogP contribution in [-0.2, 0) is 20.4 Å². The molecule has 4 rings (SSSR count). The Morgan fingerprint density at radius 3 is 2.20 bits per heavy atom. The Morgan fingerprint density at radius 2 is 1.59 bits per heavy atom. The number of ether oxygens (including phenoxy) is 1. The van der Waals surface area contributed by atoms with E-state index in [1.807, 2.05) is 85.9 Å². The fourth-order valence-corrected chi connectivity index (χ4v) is 5.56. The minimum atomic E-state index is -1.07. The number of rotatable bonds is 11. The van der Waals surface area contributed by atoms with Crippen molar-refractivity contribution < 1.29 is 23.2 Å². The summed E-state index contributed by atoms with van der Waals surface area (Å²) in [6.07, 6.45) is 0.820. The molecule has 0 saturated carbocycles. The van der Waals surface area contributed by atoms with Crippen molar-refractivity contribution in [1.29, 1.82) is 0 Å². The van der Waals surface area contributed by atoms with Crippen molar-refractivity contribution >= 4 is 31.9 Å². The van der Waals surface area contributed by atoms with E-state index in [4.69, 9.17) is 13.6 Å². The average molecular weight is 571 g/mol. The smallest absolute Gasteiger partial charge is 0.314 e. The molecule has 0 aliphatic carbocycles. The normalized spacial score (nSPS) is 14.0. The molecular formula is C34H40NO5Si. The zero-order chi connectivity index (χ0) is 29.6. The Labute approximate surface area is 244 Å². The lowest BCUT2D eigenvalue weighted by molar-refractivity contribution is -0.156. The zero-order valence-electron chi connectivity index (χ0n) is 24.8. The highest BCUT2D eigenvalue weighted by Gasteiger charge is 2.45. The first kappa shape index (κ1) is 30.3. The second-order valence-electron chi connectivity index (χ2n) is 12.0. The maximum Gasteiger partial charge on any atom is 0.314 e. The van der Waals surface area contributed by atoms with Crippen LogP contribution >= 0.6 is 0 Å². The molecule has 0 bridgehead atoms. The van der Waals surface area contributed by atoms with Crippen LogP contribution in [0.15, 0.2) is 89.3 Å². The molecule has 0 aliphatic heterocycles. The fraction of sp³-hybridized carbons (Fsp3) is 0.353. The van der Waals surface area contributed by atoms with E-state index in [1.54, 1.807) is 12.1 Å². The van der Waals surface area contributed by atoms with E-state index in [2.05, 4.69) is 26.1 Å². The summed E-state index contributed by atoms with van der Waals surface area (Å²) >= 11 is 0. The highest BCUT2D eigenvalue weighted by molar-refractivity contribution is 6.48. The Morgan fingerprint density at radius 1 is 0.927 bits per heavy atom. The minimum Gasteiger partial charge on any atom is -0.469 e. The quantitative estimate of drug-likeness (QED) is 0.151. The molecule has 41 heavy (non-hydrogen) atoms. The van der Waals surface area contributed by atoms with Crippen molar-refractivity contribution in [1.82, 2.24) is 5.32 Å². The van der Waals surface area contributed by atoms with E-state index in [0.29, 0.717) is 18.4 Å². The molecule has 6 nitrogen and oxygen atoms in total. The fourth-order valence-electron chi connectivity index (χ4n) is 5.00. The van der Waals surface area contributed by atoms with Crippen LogP contribution in [-0.4, -0.2) is 40.7 Å². The summed E-state index contributed by atoms with van der Waals surface area (Å²) < 4.78 is 17.5. The molecule has 1 amide bonds. The molecular weight excluding hydrogens is 530 g/mol. The van der Waals surface area contributed by atoms with Crippen LogP contribution in [0.25, 0.3) is 22.3 Å². The van der Waals surface area contributed by atoms with Gasteiger partial charge in [0.25, 0.3) is 5.91 Å². The summed E-state index contributed by atoms with van der Waals surface area (Å²) in [5.74, 6) is 0.224. The Kier molecular flexibility index (Phi) is 9.51. The number of para-hydroxylation sites is 1. The molecule has 7 heteroatoms. The van der Waals surface area contributed by atoms with E-state index in [-0.39, 0.29) is 29.9 Å². The third-order valence-electron chi connectivity index (χ3n) is 7.44. The van der Waals surface area contributed by atoms with Crippen LogP contribution in [0.3, 0.4) is 0 Å². The molecule has 1 N–H and O–H groups in total. The van der Waals surface area contributed by atoms with Crippen molar-refractivity contribution in [2.75, 3.05) is 13.7 Å². The summed E-state index contributed by atoms with van der Waals surface area (Å²) in [5.41, 5.74) is 1.97. The van der Waals surface area contributed by atoms with Crippen LogP contribution in [0.4, 0.5) is 0 Å². The van der Waals surface area contributed by atoms with Crippen molar-refractivity contribution in [3.05, 3.63) is 96.1 Å². The lowest BCUT2D eigenvalue weighted by atomic mass is 9.71. The second kappa shape index (κ2) is 12.9. The summed E-state index contributed by atoms with van der Waals surface area (Å²) in [5, 5.41) is 4.28. The van der Waals surface area contributed by atoms with E-state index < -0.39 is 14.5 Å². The Balaban J connectivity index is 1.59. The molecule has 1 heterocycles. The van der Waals surface area contributed by atoms with Crippen LogP contribution in [0.2, 0.25) is 13.1 Å². The number of methoxy groups -OCH3 is 1. The van der Waals surface area contributed by atoms with Crippen LogP contribution in [0, 0.1) is 10.8 Å². The van der Waals surface area contributed by atoms with E-state index >= 15 is 0 Å². The first-order chi connectivity index (χ1) is 19.5. The monoisotopic (exact) mass is 570 g/mol. The number of hydrogen-bond donors (Lipinski definition) is 1. The van der Waals surface area contributed by atoms with Gasteiger partial charge in [-0.1, -0.05) is 81.4 Å². The van der Waals surface area contributed by atoms with Crippen molar-refractivity contribution in [3.63, 3.8) is 0 Å². The van der Waals surface area contributed by atoms with Crippen molar-refractivity contribution in [2.24, 2.45) is 10.8 Å². The molecule has 215 valence electrons. The van der Waals surface area contributed by atoms with Gasteiger partial charge >= 0.3 is 5.97 Å². The highest BCUT2D eigenvalue weighted by atomic mass is 28.3. The van der Waals surface area contributed by atoms with E-state index in [9.17, 15) is 9.59 Å². The molecule has 0 unspecified atom stereocenters. The van der Waals surface area contributed by atoms with Gasteiger partial charge in [0.1, 0.15) is 11.3 Å². The molecule has 0 aliphatic rings. The number of nitrogens with one attached hydrogen (secondary N) is 1. The average Bonchev–Trinajstić information content (AvgIpc) is 3.39. The van der Waals surface area contributed by atoms with Gasteiger partial charge in [-0.3, -0.25) is 9.59 Å². The summed E-state index contributed by atoms with van der Waals surface area (Å²) in [4.78, 5) is 27.1. The maximum atomic E-state index is 13.6. The molecule has 2 atom stereocenters. The van der Waals surface area contributed by atoms with Gasteiger partial charge in [0.05, 0.1) is 19.1 Å². The van der Waals surface area contributed by atoms with Crippen LogP contribution in [0.1, 0.15) is 43.1 Å². The highest BCUT2D eigenvalue weighted by Crippen LogP contribution is 2.37. The molecule has 0 fully saturated rings. The molecule has 0 spiro atoms. The van der Waals surface area contributed by atoms with Gasteiger partial charge in [0, 0.05) is 22.6 Å². The number of benzene rings is 3. The third kappa shape index (κ3) is 7.54. The molecule has 1 radical (unpaired) electrons. The molecule has 0 saturated heterocycles. The standard InChI is InChI=1S/C34H40NO5Si/c1-33(2,3)30(22-34(32(37)38-4,23-39-41(5)6)21-24-12-8-7-9-13-24)35-31(36)26-18-16-25(17-19-26)29-20-27-14-10-11-15-28(27)40-29/h7-20,30H,21-23H2,1-6H3,(H,35,36)/t30-,34-/m0/s1. The van der Waals surface area contributed by atoms with E-state index in [1.165, 1.54) is 7.11 Å². The number of esters is 1. The third-order valence-corrected chi connectivity index (χ3v) is 8.17. The largest absolute Gasteiger partial charge is 0.469 e. The van der Waals surface area contributed by atoms with Crippen molar-refractivity contribution in [2.45, 2.75) is 52.7 Å². The van der Waals surface area contributed by atoms with Crippen LogP contribution in [0.5, 0.6) is 0 Å². The lowest BCUT2D eigenvalue weighted by Gasteiger charge is -2.40. The predicted molar refractivity (Wildman–Crippen MR) is 165 cm³/mol. The molecule has 4 aromatic rings. The van der Waals surface area contributed by atoms with Gasteiger partial charge < -0.3 is 18.9 Å². The molecule has 1 aromatic heterocycles. The van der Waals surface area contributed by atoms with Gasteiger partial charge in [-0.2, -0.15) is 0 Å². The minimum absolute atomic E-state index is 0.198. The maximum absolute atomic E-state index is 13.6. The summed E-state index contributed by atoms with van der Waals surface area (Å²) in [6, 6.07) is 26.8. The second-order valence-corrected chi connectivity index (χ2v) is 14.1. The summed E-state index contributed by atoms with van der Waals surface area (Å²) in [7, 11) is 0.343. The van der Waals surface area contributed by atoms with E-state index in [0.717, 1.165) is 27.9 Å². The van der Waals surface area contributed by atoms with Gasteiger partial charge in [0.2, 0.25) is 9.04 Å². The number of furan rings is 1. The van der Waals surface area contributed by atoms with Gasteiger partial charge in [-0.15, -0.1) is 0 Å². The number of fused-ring (bicyclic) bond motifs is 1. The van der Waals surface area contributed by atoms with Gasteiger partial charge in [-0.25, -0.2) is 0 Å². The number of amides is 1. The Hall–Kier alpha value is -3.68. The first-order valence-electron chi connectivity index (χ1n) is 14.0. The van der Waals surface area contributed by atoms with Gasteiger partial charge in [-0.05, 0) is 61.2 Å². The SMILES string of the molecule is COC(=O)[C@@](CO[Si](C)C)(Cc1ccccc1)C[C@H](NC(=O)c1ccc(-c2cc3ccccc3o2)cc1)C(C)(C)C. The zero-order valence-corrected chi connectivity index (χ0v) is 25.8. The Bertz CT molecular complexity index is 1420. The topological polar surface area (TPSA) is 77.8 Å². The lowest BCUT2D eigenvalue weighted by Crippen LogP contribution is -2.51. The number of carbonyl (C=O) groups excluding carboxylic acids is 2. The predicted octanol–water partition coefficient (Wildman–Crippen LogP) is 7.30. The first-order valence-corrected chi connectivity index (χ1v) is 16.4. The summed E-state index contributed by atoms with van der Waals surface area (Å²) in [6.45, 7) is 10.5. The number of carbonyl (C=O) groups is 2. The van der Waals surface area contributed by atoms with Gasteiger partial charge in [0.15, 0.2) is 0 Å². The van der Waals surface area contributed by atoms with Crippen LogP contribution < -0.4 is 5.32 Å². The number of hydrogen-bond acceptors (Lipinski definition) is 5. The molecule has 3 aromatic carbocycles. The van der Waals surface area contributed by atoms with Crippen molar-refractivity contribution in [3.8, 4) is 11.3 Å².